The Balaban J connectivity index is 1.68. The normalized spacial score (nSPS) is 11.4. The molecule has 0 radical (unpaired) electrons. The van der Waals surface area contributed by atoms with Crippen LogP contribution in [0.4, 0.5) is 0 Å². The molecule has 0 saturated carbocycles. The van der Waals surface area contributed by atoms with E-state index < -0.39 is 10.0 Å². The number of likely N-dealkylation sites (N-methyl/N-ethyl adjacent to an activating group) is 2. The summed E-state index contributed by atoms with van der Waals surface area (Å²) in [6.07, 6.45) is 0. The fourth-order valence-corrected chi connectivity index (χ4v) is 4.10. The van der Waals surface area contributed by atoms with Crippen LogP contribution >= 0.6 is 0 Å². The highest BCUT2D eigenvalue weighted by molar-refractivity contribution is 7.89. The predicted octanol–water partition coefficient (Wildman–Crippen LogP) is 2.99. The van der Waals surface area contributed by atoms with Gasteiger partial charge in [-0.05, 0) is 46.7 Å². The van der Waals surface area contributed by atoms with E-state index in [9.17, 15) is 13.2 Å². The van der Waals surface area contributed by atoms with Crippen molar-refractivity contribution >= 4 is 26.7 Å². The highest BCUT2D eigenvalue weighted by atomic mass is 32.2. The Bertz CT molecular complexity index is 1180. The standard InChI is InChI=1S/C22H21N3O3S/c1-24(15-18-7-10-19-5-3-4-6-20(19)13-18)22(26)16-25(2)29(27,28)21-11-8-17(14-23)9-12-21/h3-13H,15-16H2,1-2H3. The van der Waals surface area contributed by atoms with Crippen molar-refractivity contribution in [3.63, 3.8) is 0 Å². The minimum atomic E-state index is -3.82. The number of carbonyl (C=O) groups is 1. The largest absolute Gasteiger partial charge is 0.340 e. The fraction of sp³-hybridized carbons (Fsp3) is 0.182. The molecule has 0 N–H and O–H groups in total. The van der Waals surface area contributed by atoms with Crippen LogP contribution in [0.3, 0.4) is 0 Å². The van der Waals surface area contributed by atoms with Crippen LogP contribution in [-0.2, 0) is 21.4 Å². The third kappa shape index (κ3) is 4.62. The lowest BCUT2D eigenvalue weighted by Crippen LogP contribution is -2.39. The lowest BCUT2D eigenvalue weighted by Gasteiger charge is -2.22. The third-order valence-corrected chi connectivity index (χ3v) is 6.53. The van der Waals surface area contributed by atoms with Crippen molar-refractivity contribution in [2.45, 2.75) is 11.4 Å². The van der Waals surface area contributed by atoms with Gasteiger partial charge in [0.15, 0.2) is 0 Å². The fourth-order valence-electron chi connectivity index (χ4n) is 2.98. The Labute approximate surface area is 170 Å². The SMILES string of the molecule is CN(Cc1ccc2ccccc2c1)C(=O)CN(C)S(=O)(=O)c1ccc(C#N)cc1. The molecule has 0 aromatic heterocycles. The molecule has 3 rings (SSSR count). The lowest BCUT2D eigenvalue weighted by atomic mass is 10.1. The van der Waals surface area contributed by atoms with Gasteiger partial charge in [-0.2, -0.15) is 9.57 Å². The first-order chi connectivity index (χ1) is 13.8. The summed E-state index contributed by atoms with van der Waals surface area (Å²) in [6, 6.07) is 21.5. The van der Waals surface area contributed by atoms with Gasteiger partial charge in [0.05, 0.1) is 23.1 Å². The Morgan fingerprint density at radius 3 is 2.28 bits per heavy atom. The summed E-state index contributed by atoms with van der Waals surface area (Å²) in [5.41, 5.74) is 1.34. The highest BCUT2D eigenvalue weighted by Crippen LogP contribution is 2.18. The number of nitrogens with zero attached hydrogens (tertiary/aromatic N) is 3. The number of hydrogen-bond acceptors (Lipinski definition) is 4. The average molecular weight is 407 g/mol. The van der Waals surface area contributed by atoms with Crippen LogP contribution in [0.2, 0.25) is 0 Å². The van der Waals surface area contributed by atoms with E-state index in [-0.39, 0.29) is 17.3 Å². The van der Waals surface area contributed by atoms with Gasteiger partial charge in [0.25, 0.3) is 0 Å². The molecular weight excluding hydrogens is 386 g/mol. The molecule has 0 saturated heterocycles. The van der Waals surface area contributed by atoms with Gasteiger partial charge in [-0.25, -0.2) is 8.42 Å². The van der Waals surface area contributed by atoms with Crippen molar-refractivity contribution in [1.29, 1.82) is 5.26 Å². The lowest BCUT2D eigenvalue weighted by molar-refractivity contribution is -0.130. The maximum Gasteiger partial charge on any atom is 0.243 e. The molecule has 0 aliphatic rings. The summed E-state index contributed by atoms with van der Waals surface area (Å²) in [5, 5.41) is 11.1. The van der Waals surface area contributed by atoms with E-state index in [1.807, 2.05) is 48.5 Å². The minimum Gasteiger partial charge on any atom is -0.340 e. The number of nitriles is 1. The molecule has 3 aromatic carbocycles. The Kier molecular flexibility index (Phi) is 5.97. The van der Waals surface area contributed by atoms with E-state index in [0.29, 0.717) is 12.1 Å². The maximum absolute atomic E-state index is 12.7. The number of carbonyl (C=O) groups excluding carboxylic acids is 1. The van der Waals surface area contributed by atoms with E-state index in [1.165, 1.54) is 36.2 Å². The molecule has 1 amide bonds. The molecule has 7 heteroatoms. The van der Waals surface area contributed by atoms with Crippen LogP contribution in [0, 0.1) is 11.3 Å². The van der Waals surface area contributed by atoms with Gasteiger partial charge >= 0.3 is 0 Å². The van der Waals surface area contributed by atoms with Gasteiger partial charge in [-0.3, -0.25) is 4.79 Å². The maximum atomic E-state index is 12.7. The van der Waals surface area contributed by atoms with E-state index in [4.69, 9.17) is 5.26 Å². The van der Waals surface area contributed by atoms with E-state index in [1.54, 1.807) is 7.05 Å². The first-order valence-electron chi connectivity index (χ1n) is 8.99. The molecule has 0 heterocycles. The summed E-state index contributed by atoms with van der Waals surface area (Å²) in [7, 11) is -0.795. The zero-order chi connectivity index (χ0) is 21.0. The smallest absolute Gasteiger partial charge is 0.243 e. The number of hydrogen-bond donors (Lipinski definition) is 0. The zero-order valence-corrected chi connectivity index (χ0v) is 17.1. The molecule has 0 aliphatic heterocycles. The number of benzene rings is 3. The molecule has 6 nitrogen and oxygen atoms in total. The average Bonchev–Trinajstić information content (AvgIpc) is 2.73. The summed E-state index contributed by atoms with van der Waals surface area (Å²) in [5.74, 6) is -0.308. The van der Waals surface area contributed by atoms with Crippen LogP contribution in [0.5, 0.6) is 0 Å². The minimum absolute atomic E-state index is 0.0454. The Hall–Kier alpha value is -3.21. The van der Waals surface area contributed by atoms with Crippen LogP contribution in [0.15, 0.2) is 71.6 Å². The van der Waals surface area contributed by atoms with Crippen molar-refractivity contribution < 1.29 is 13.2 Å². The first-order valence-corrected chi connectivity index (χ1v) is 10.4. The van der Waals surface area contributed by atoms with Gasteiger partial charge in [0.2, 0.25) is 15.9 Å². The van der Waals surface area contributed by atoms with Crippen molar-refractivity contribution in [1.82, 2.24) is 9.21 Å². The van der Waals surface area contributed by atoms with Gasteiger partial charge in [0, 0.05) is 20.6 Å². The molecule has 0 fully saturated rings. The van der Waals surface area contributed by atoms with Gasteiger partial charge in [0.1, 0.15) is 0 Å². The van der Waals surface area contributed by atoms with E-state index >= 15 is 0 Å². The van der Waals surface area contributed by atoms with Crippen LogP contribution < -0.4 is 0 Å². The second-order valence-electron chi connectivity index (χ2n) is 6.83. The van der Waals surface area contributed by atoms with Crippen LogP contribution in [0.1, 0.15) is 11.1 Å². The molecular formula is C22H21N3O3S. The molecule has 148 valence electrons. The molecule has 3 aromatic rings. The molecule has 0 atom stereocenters. The molecule has 0 aliphatic carbocycles. The number of fused-ring (bicyclic) bond motifs is 1. The monoisotopic (exact) mass is 407 g/mol. The Morgan fingerprint density at radius 2 is 1.62 bits per heavy atom. The van der Waals surface area contributed by atoms with Crippen molar-refractivity contribution in [3.05, 3.63) is 77.9 Å². The third-order valence-electron chi connectivity index (χ3n) is 4.71. The number of amides is 1. The highest BCUT2D eigenvalue weighted by Gasteiger charge is 2.24. The van der Waals surface area contributed by atoms with Crippen LogP contribution in [0.25, 0.3) is 10.8 Å². The van der Waals surface area contributed by atoms with Gasteiger partial charge < -0.3 is 4.90 Å². The van der Waals surface area contributed by atoms with Gasteiger partial charge in [-0.1, -0.05) is 36.4 Å². The van der Waals surface area contributed by atoms with Crippen molar-refractivity contribution in [2.24, 2.45) is 0 Å². The molecule has 0 unspecified atom stereocenters. The Morgan fingerprint density at radius 1 is 0.966 bits per heavy atom. The second kappa shape index (κ2) is 8.43. The summed E-state index contributed by atoms with van der Waals surface area (Å²) in [4.78, 5) is 14.1. The molecule has 0 spiro atoms. The predicted molar refractivity (Wildman–Crippen MR) is 111 cm³/mol. The second-order valence-corrected chi connectivity index (χ2v) is 8.87. The first kappa shape index (κ1) is 20.5. The molecule has 29 heavy (non-hydrogen) atoms. The van der Waals surface area contributed by atoms with Crippen molar-refractivity contribution in [2.75, 3.05) is 20.6 Å². The quantitative estimate of drug-likeness (QED) is 0.629. The van der Waals surface area contributed by atoms with Crippen molar-refractivity contribution in [3.8, 4) is 6.07 Å². The number of rotatable bonds is 6. The topological polar surface area (TPSA) is 81.5 Å². The van der Waals surface area contributed by atoms with Gasteiger partial charge in [-0.15, -0.1) is 0 Å². The summed E-state index contributed by atoms with van der Waals surface area (Å²) >= 11 is 0. The van der Waals surface area contributed by atoms with E-state index in [2.05, 4.69) is 0 Å². The summed E-state index contributed by atoms with van der Waals surface area (Å²) < 4.78 is 26.4. The molecule has 0 bridgehead atoms. The zero-order valence-electron chi connectivity index (χ0n) is 16.2. The van der Waals surface area contributed by atoms with E-state index in [0.717, 1.165) is 20.6 Å². The number of sulfonamides is 1. The van der Waals surface area contributed by atoms with Crippen LogP contribution in [-0.4, -0.2) is 44.2 Å². The summed E-state index contributed by atoms with van der Waals surface area (Å²) in [6.45, 7) is 0.112.